The van der Waals surface area contributed by atoms with Crippen molar-refractivity contribution in [1.82, 2.24) is 5.32 Å². The zero-order chi connectivity index (χ0) is 8.55. The molecule has 2 N–H and O–H groups in total. The van der Waals surface area contributed by atoms with Crippen molar-refractivity contribution in [3.8, 4) is 0 Å². The maximum absolute atomic E-state index is 9.54. The third kappa shape index (κ3) is 1.30. The molecule has 0 aliphatic carbocycles. The van der Waals surface area contributed by atoms with Crippen LogP contribution in [0.1, 0.15) is 11.7 Å². The van der Waals surface area contributed by atoms with Crippen LogP contribution in [0.15, 0.2) is 21.2 Å². The van der Waals surface area contributed by atoms with Gasteiger partial charge in [0.05, 0.1) is 22.8 Å². The molecule has 66 valence electrons. The van der Waals surface area contributed by atoms with Gasteiger partial charge in [0.15, 0.2) is 0 Å². The summed E-state index contributed by atoms with van der Waals surface area (Å²) < 4.78 is 6.21. The van der Waals surface area contributed by atoms with Crippen molar-refractivity contribution in [1.29, 1.82) is 0 Å². The zero-order valence-corrected chi connectivity index (χ0v) is 8.04. The topological polar surface area (TPSA) is 45.4 Å². The second-order valence-corrected chi connectivity index (χ2v) is 3.82. The van der Waals surface area contributed by atoms with Gasteiger partial charge in [-0.3, -0.25) is 0 Å². The van der Waals surface area contributed by atoms with Crippen molar-refractivity contribution < 1.29 is 9.52 Å². The molecule has 1 aromatic rings. The van der Waals surface area contributed by atoms with Crippen LogP contribution in [0.25, 0.3) is 0 Å². The van der Waals surface area contributed by atoms with Crippen LogP contribution in [0.5, 0.6) is 0 Å². The molecule has 0 saturated carbocycles. The van der Waals surface area contributed by atoms with E-state index in [-0.39, 0.29) is 12.0 Å². The van der Waals surface area contributed by atoms with E-state index in [1.807, 2.05) is 6.07 Å². The van der Waals surface area contributed by atoms with Gasteiger partial charge in [0.1, 0.15) is 5.76 Å². The highest BCUT2D eigenvalue weighted by Crippen LogP contribution is 2.30. The summed E-state index contributed by atoms with van der Waals surface area (Å²) in [6, 6.07) is 1.85. The van der Waals surface area contributed by atoms with Crippen LogP contribution in [0.4, 0.5) is 0 Å². The fraction of sp³-hybridized carbons (Fsp3) is 0.500. The first-order valence-corrected chi connectivity index (χ1v) is 4.70. The molecule has 1 saturated heterocycles. The molecule has 12 heavy (non-hydrogen) atoms. The van der Waals surface area contributed by atoms with Crippen LogP contribution in [0, 0.1) is 0 Å². The van der Waals surface area contributed by atoms with Crippen LogP contribution < -0.4 is 5.32 Å². The minimum Gasteiger partial charge on any atom is -0.468 e. The van der Waals surface area contributed by atoms with Crippen LogP contribution in [0.3, 0.4) is 0 Å². The fourth-order valence-electron chi connectivity index (χ4n) is 1.50. The molecule has 1 aromatic heterocycles. The van der Waals surface area contributed by atoms with E-state index in [9.17, 15) is 5.11 Å². The van der Waals surface area contributed by atoms with Gasteiger partial charge in [0, 0.05) is 13.1 Å². The van der Waals surface area contributed by atoms with Crippen LogP contribution >= 0.6 is 15.9 Å². The van der Waals surface area contributed by atoms with Gasteiger partial charge in [-0.05, 0) is 22.0 Å². The molecule has 2 unspecified atom stereocenters. The highest BCUT2D eigenvalue weighted by molar-refractivity contribution is 9.10. The fourth-order valence-corrected chi connectivity index (χ4v) is 2.00. The van der Waals surface area contributed by atoms with Gasteiger partial charge in [-0.2, -0.15) is 0 Å². The van der Waals surface area contributed by atoms with Crippen molar-refractivity contribution in [3.63, 3.8) is 0 Å². The quantitative estimate of drug-likeness (QED) is 0.761. The van der Waals surface area contributed by atoms with E-state index in [0.717, 1.165) is 16.8 Å². The molecular formula is C8H10BrNO2. The van der Waals surface area contributed by atoms with Crippen molar-refractivity contribution in [2.45, 2.75) is 12.0 Å². The Morgan fingerprint density at radius 3 is 2.92 bits per heavy atom. The molecule has 1 fully saturated rings. The number of hydrogen-bond acceptors (Lipinski definition) is 3. The van der Waals surface area contributed by atoms with Gasteiger partial charge in [-0.15, -0.1) is 0 Å². The Morgan fingerprint density at radius 1 is 1.58 bits per heavy atom. The van der Waals surface area contributed by atoms with Gasteiger partial charge in [0.2, 0.25) is 0 Å². The molecule has 2 heterocycles. The van der Waals surface area contributed by atoms with E-state index in [4.69, 9.17) is 4.42 Å². The predicted molar refractivity (Wildman–Crippen MR) is 48.0 cm³/mol. The Kier molecular flexibility index (Phi) is 2.21. The Balaban J connectivity index is 2.24. The van der Waals surface area contributed by atoms with Crippen LogP contribution in [0.2, 0.25) is 0 Å². The number of aliphatic hydroxyl groups excluding tert-OH is 1. The average Bonchev–Trinajstić information content (AvgIpc) is 2.59. The molecule has 3 nitrogen and oxygen atoms in total. The first kappa shape index (κ1) is 8.29. The number of rotatable bonds is 1. The van der Waals surface area contributed by atoms with Crippen LogP contribution in [-0.4, -0.2) is 24.3 Å². The summed E-state index contributed by atoms with van der Waals surface area (Å²) in [5.74, 6) is 0.932. The summed E-state index contributed by atoms with van der Waals surface area (Å²) in [5, 5.41) is 12.6. The predicted octanol–water partition coefficient (Wildman–Crippen LogP) is 1.09. The number of hydrogen-bond donors (Lipinski definition) is 2. The van der Waals surface area contributed by atoms with Crippen molar-refractivity contribution in [3.05, 3.63) is 22.6 Å². The largest absolute Gasteiger partial charge is 0.468 e. The number of halogens is 1. The number of furan rings is 1. The van der Waals surface area contributed by atoms with Gasteiger partial charge in [0.25, 0.3) is 0 Å². The van der Waals surface area contributed by atoms with E-state index < -0.39 is 0 Å². The van der Waals surface area contributed by atoms with Crippen molar-refractivity contribution in [2.24, 2.45) is 0 Å². The second-order valence-electron chi connectivity index (χ2n) is 2.96. The Hall–Kier alpha value is -0.320. The lowest BCUT2D eigenvalue weighted by Crippen LogP contribution is -2.15. The summed E-state index contributed by atoms with van der Waals surface area (Å²) in [6.45, 7) is 1.44. The van der Waals surface area contributed by atoms with E-state index in [1.54, 1.807) is 6.26 Å². The van der Waals surface area contributed by atoms with E-state index in [0.29, 0.717) is 6.54 Å². The normalized spacial score (nSPS) is 29.5. The maximum Gasteiger partial charge on any atom is 0.124 e. The zero-order valence-electron chi connectivity index (χ0n) is 6.46. The van der Waals surface area contributed by atoms with Gasteiger partial charge >= 0.3 is 0 Å². The lowest BCUT2D eigenvalue weighted by Gasteiger charge is -2.10. The lowest BCUT2D eigenvalue weighted by atomic mass is 10.0. The van der Waals surface area contributed by atoms with Crippen molar-refractivity contribution >= 4 is 15.9 Å². The number of nitrogens with one attached hydrogen (secondary N) is 1. The summed E-state index contributed by atoms with van der Waals surface area (Å²) in [5.41, 5.74) is 0. The van der Waals surface area contributed by atoms with Gasteiger partial charge < -0.3 is 14.8 Å². The molecule has 0 spiro atoms. The molecule has 2 atom stereocenters. The SMILES string of the molecule is OC1CNCC1c1occc1Br. The summed E-state index contributed by atoms with van der Waals surface area (Å²) in [4.78, 5) is 0. The molecule has 1 aliphatic rings. The maximum atomic E-state index is 9.54. The molecule has 0 amide bonds. The standard InChI is InChI=1S/C8H10BrNO2/c9-6-1-2-12-8(6)5-3-10-4-7(5)11/h1-2,5,7,10-11H,3-4H2. The average molecular weight is 232 g/mol. The molecule has 0 aromatic carbocycles. The Morgan fingerprint density at radius 2 is 2.42 bits per heavy atom. The molecule has 1 aliphatic heterocycles. The molecular weight excluding hydrogens is 222 g/mol. The highest BCUT2D eigenvalue weighted by atomic mass is 79.9. The van der Waals surface area contributed by atoms with E-state index >= 15 is 0 Å². The Bertz CT molecular complexity index is 274. The van der Waals surface area contributed by atoms with E-state index in [2.05, 4.69) is 21.2 Å². The van der Waals surface area contributed by atoms with E-state index in [1.165, 1.54) is 0 Å². The second kappa shape index (κ2) is 3.20. The van der Waals surface area contributed by atoms with Crippen molar-refractivity contribution in [2.75, 3.05) is 13.1 Å². The number of β-amino-alcohol motifs (C(OH)–C–C–N with tert-alkyl or cyclic N) is 1. The molecule has 0 radical (unpaired) electrons. The summed E-state index contributed by atoms with van der Waals surface area (Å²) in [6.07, 6.45) is 1.30. The summed E-state index contributed by atoms with van der Waals surface area (Å²) in [7, 11) is 0. The van der Waals surface area contributed by atoms with Gasteiger partial charge in [-0.1, -0.05) is 0 Å². The number of aliphatic hydroxyl groups is 1. The van der Waals surface area contributed by atoms with Crippen LogP contribution in [-0.2, 0) is 0 Å². The third-order valence-corrected chi connectivity index (χ3v) is 2.82. The smallest absolute Gasteiger partial charge is 0.124 e. The Labute approximate surface area is 78.9 Å². The minimum atomic E-state index is -0.326. The summed E-state index contributed by atoms with van der Waals surface area (Å²) >= 11 is 3.37. The molecule has 0 bridgehead atoms. The molecule has 2 rings (SSSR count). The molecule has 4 heteroatoms. The first-order chi connectivity index (χ1) is 5.79. The first-order valence-electron chi connectivity index (χ1n) is 3.90. The van der Waals surface area contributed by atoms with Gasteiger partial charge in [-0.25, -0.2) is 0 Å². The minimum absolute atomic E-state index is 0.0920. The third-order valence-electron chi connectivity index (χ3n) is 2.16. The monoisotopic (exact) mass is 231 g/mol. The highest BCUT2D eigenvalue weighted by Gasteiger charge is 2.30. The lowest BCUT2D eigenvalue weighted by molar-refractivity contribution is 0.168.